The van der Waals surface area contributed by atoms with Crippen molar-refractivity contribution in [2.45, 2.75) is 19.0 Å². The molecular weight excluding hydrogens is 252 g/mol. The zero-order valence-corrected chi connectivity index (χ0v) is 10.8. The summed E-state index contributed by atoms with van der Waals surface area (Å²) in [7, 11) is 1.43. The first-order valence-electron chi connectivity index (χ1n) is 5.69. The highest BCUT2D eigenvalue weighted by Crippen LogP contribution is 2.26. The predicted octanol–water partition coefficient (Wildman–Crippen LogP) is 1.78. The van der Waals surface area contributed by atoms with Crippen molar-refractivity contribution >= 4 is 29.3 Å². The van der Waals surface area contributed by atoms with Crippen LogP contribution >= 0.6 is 12.4 Å². The maximum atomic E-state index is 11.5. The van der Waals surface area contributed by atoms with Gasteiger partial charge in [0.1, 0.15) is 6.04 Å². The molecule has 1 aromatic heterocycles. The highest BCUT2D eigenvalue weighted by Gasteiger charge is 2.27. The summed E-state index contributed by atoms with van der Waals surface area (Å²) < 4.78 is 4.78. The number of nitrogens with one attached hydrogen (secondary N) is 2. The maximum absolute atomic E-state index is 11.5. The number of H-pyrrole nitrogens is 1. The van der Waals surface area contributed by atoms with Gasteiger partial charge in [-0.2, -0.15) is 0 Å². The van der Waals surface area contributed by atoms with Crippen molar-refractivity contribution in [2.75, 3.05) is 7.11 Å². The van der Waals surface area contributed by atoms with E-state index < -0.39 is 0 Å². The molecule has 2 aromatic rings. The van der Waals surface area contributed by atoms with Crippen LogP contribution in [0.3, 0.4) is 0 Å². The van der Waals surface area contributed by atoms with Gasteiger partial charge >= 0.3 is 5.97 Å². The Kier molecular flexibility index (Phi) is 3.59. The van der Waals surface area contributed by atoms with Gasteiger partial charge < -0.3 is 9.72 Å². The van der Waals surface area contributed by atoms with Crippen LogP contribution in [0.15, 0.2) is 24.3 Å². The van der Waals surface area contributed by atoms with E-state index in [2.05, 4.69) is 22.4 Å². The van der Waals surface area contributed by atoms with Crippen molar-refractivity contribution in [1.29, 1.82) is 0 Å². The van der Waals surface area contributed by atoms with Crippen LogP contribution in [-0.4, -0.2) is 24.1 Å². The van der Waals surface area contributed by atoms with E-state index in [0.717, 1.165) is 5.52 Å². The van der Waals surface area contributed by atoms with Gasteiger partial charge in [0, 0.05) is 29.6 Å². The molecule has 2 N–H and O–H groups in total. The lowest BCUT2D eigenvalue weighted by molar-refractivity contribution is -0.143. The minimum atomic E-state index is -0.230. The fourth-order valence-electron chi connectivity index (χ4n) is 2.45. The second-order valence-electron chi connectivity index (χ2n) is 4.29. The number of aromatic amines is 1. The average Bonchev–Trinajstić information content (AvgIpc) is 2.75. The van der Waals surface area contributed by atoms with Gasteiger partial charge in [0.2, 0.25) is 0 Å². The molecule has 0 bridgehead atoms. The molecule has 1 aliphatic rings. The summed E-state index contributed by atoms with van der Waals surface area (Å²) in [5.41, 5.74) is 3.53. The van der Waals surface area contributed by atoms with Gasteiger partial charge in [0.05, 0.1) is 7.11 Å². The lowest BCUT2D eigenvalue weighted by atomic mass is 9.99. The van der Waals surface area contributed by atoms with E-state index in [-0.39, 0.29) is 24.4 Å². The van der Waals surface area contributed by atoms with Crippen LogP contribution in [0.5, 0.6) is 0 Å². The summed E-state index contributed by atoms with van der Waals surface area (Å²) in [6.07, 6.45) is 0.687. The van der Waals surface area contributed by atoms with Crippen molar-refractivity contribution in [2.24, 2.45) is 0 Å². The van der Waals surface area contributed by atoms with Crippen molar-refractivity contribution < 1.29 is 9.53 Å². The third kappa shape index (κ3) is 1.98. The molecule has 18 heavy (non-hydrogen) atoms. The minimum absolute atomic E-state index is 0. The van der Waals surface area contributed by atoms with Crippen LogP contribution in [0.1, 0.15) is 11.3 Å². The number of fused-ring (bicyclic) bond motifs is 3. The van der Waals surface area contributed by atoms with Crippen LogP contribution in [0.2, 0.25) is 0 Å². The first-order valence-corrected chi connectivity index (χ1v) is 5.69. The fraction of sp³-hybridized carbons (Fsp3) is 0.308. The van der Waals surface area contributed by atoms with Crippen LogP contribution in [0.25, 0.3) is 10.9 Å². The monoisotopic (exact) mass is 266 g/mol. The molecule has 1 aromatic carbocycles. The molecule has 0 fully saturated rings. The Bertz CT molecular complexity index is 579. The average molecular weight is 267 g/mol. The largest absolute Gasteiger partial charge is 0.468 e. The van der Waals surface area contributed by atoms with Gasteiger partial charge in [-0.3, -0.25) is 10.1 Å². The molecule has 0 saturated carbocycles. The van der Waals surface area contributed by atoms with Crippen molar-refractivity contribution in [1.82, 2.24) is 10.3 Å². The van der Waals surface area contributed by atoms with Crippen LogP contribution in [0.4, 0.5) is 0 Å². The number of carbonyl (C=O) groups is 1. The molecule has 96 valence electrons. The summed E-state index contributed by atoms with van der Waals surface area (Å²) in [5.74, 6) is -0.194. The molecule has 1 aliphatic heterocycles. The number of methoxy groups -OCH3 is 1. The third-order valence-electron chi connectivity index (χ3n) is 3.32. The smallest absolute Gasteiger partial charge is 0.323 e. The molecule has 2 heterocycles. The number of rotatable bonds is 1. The topological polar surface area (TPSA) is 54.1 Å². The molecule has 5 heteroatoms. The number of para-hydroxylation sites is 1. The Morgan fingerprint density at radius 2 is 2.17 bits per heavy atom. The van der Waals surface area contributed by atoms with E-state index in [1.165, 1.54) is 23.8 Å². The zero-order valence-electron chi connectivity index (χ0n) is 10.0. The lowest BCUT2D eigenvalue weighted by Crippen LogP contribution is -2.42. The van der Waals surface area contributed by atoms with Crippen molar-refractivity contribution in [3.05, 3.63) is 35.5 Å². The zero-order chi connectivity index (χ0) is 11.8. The normalized spacial score (nSPS) is 17.9. The van der Waals surface area contributed by atoms with Crippen LogP contribution in [0, 0.1) is 0 Å². The van der Waals surface area contributed by atoms with E-state index in [4.69, 9.17) is 4.74 Å². The van der Waals surface area contributed by atoms with Crippen LogP contribution < -0.4 is 5.32 Å². The second kappa shape index (κ2) is 5.00. The lowest BCUT2D eigenvalue weighted by Gasteiger charge is -2.21. The van der Waals surface area contributed by atoms with Gasteiger partial charge in [0.15, 0.2) is 0 Å². The van der Waals surface area contributed by atoms with Gasteiger partial charge in [-0.25, -0.2) is 0 Å². The number of ether oxygens (including phenoxy) is 1. The molecule has 1 atom stereocenters. The molecule has 0 saturated heterocycles. The maximum Gasteiger partial charge on any atom is 0.323 e. The van der Waals surface area contributed by atoms with E-state index in [1.807, 2.05) is 12.1 Å². The Labute approximate surface area is 111 Å². The fourth-order valence-corrected chi connectivity index (χ4v) is 2.45. The number of hydrogen-bond acceptors (Lipinski definition) is 3. The molecule has 3 rings (SSSR count). The third-order valence-corrected chi connectivity index (χ3v) is 3.32. The predicted molar refractivity (Wildman–Crippen MR) is 71.9 cm³/mol. The van der Waals surface area contributed by atoms with Gasteiger partial charge in [-0.15, -0.1) is 12.4 Å². The molecule has 0 radical (unpaired) electrons. The second-order valence-corrected chi connectivity index (χ2v) is 4.29. The standard InChI is InChI=1S/C13H14N2O2.ClH/c1-17-13(16)11-6-9-8-4-2-3-5-10(8)15-12(9)7-14-11;/h2-5,11,14-15H,6-7H2,1H3;1H. The summed E-state index contributed by atoms with van der Waals surface area (Å²) in [6.45, 7) is 0.684. The number of carbonyl (C=O) groups excluding carboxylic acids is 1. The Balaban J connectivity index is 0.00000120. The SMILES string of the molecule is COC(=O)C1Cc2c([nH]c3ccccc23)CN1.Cl. The number of esters is 1. The van der Waals surface area contributed by atoms with E-state index in [1.54, 1.807) is 0 Å². The number of halogens is 1. The van der Waals surface area contributed by atoms with Gasteiger partial charge in [-0.1, -0.05) is 18.2 Å². The minimum Gasteiger partial charge on any atom is -0.468 e. The molecule has 0 spiro atoms. The Morgan fingerprint density at radius 1 is 1.39 bits per heavy atom. The molecule has 4 nitrogen and oxygen atoms in total. The highest BCUT2D eigenvalue weighted by molar-refractivity contribution is 5.86. The number of hydrogen-bond donors (Lipinski definition) is 2. The highest BCUT2D eigenvalue weighted by atomic mass is 35.5. The van der Waals surface area contributed by atoms with Gasteiger partial charge in [-0.05, 0) is 11.6 Å². The van der Waals surface area contributed by atoms with E-state index in [0.29, 0.717) is 13.0 Å². The van der Waals surface area contributed by atoms with Gasteiger partial charge in [0.25, 0.3) is 0 Å². The Hall–Kier alpha value is -1.52. The first-order chi connectivity index (χ1) is 8.29. The summed E-state index contributed by atoms with van der Waals surface area (Å²) >= 11 is 0. The quantitative estimate of drug-likeness (QED) is 0.774. The first kappa shape index (κ1) is 12.9. The molecule has 0 aliphatic carbocycles. The summed E-state index contributed by atoms with van der Waals surface area (Å²) in [5, 5.41) is 4.39. The van der Waals surface area contributed by atoms with E-state index >= 15 is 0 Å². The number of benzene rings is 1. The Morgan fingerprint density at radius 3 is 2.94 bits per heavy atom. The summed E-state index contributed by atoms with van der Waals surface area (Å²) in [4.78, 5) is 14.9. The van der Waals surface area contributed by atoms with E-state index in [9.17, 15) is 4.79 Å². The summed E-state index contributed by atoms with van der Waals surface area (Å²) in [6, 6.07) is 7.94. The van der Waals surface area contributed by atoms with Crippen molar-refractivity contribution in [3.63, 3.8) is 0 Å². The van der Waals surface area contributed by atoms with Crippen LogP contribution in [-0.2, 0) is 22.5 Å². The molecule has 1 unspecified atom stereocenters. The van der Waals surface area contributed by atoms with Crippen molar-refractivity contribution in [3.8, 4) is 0 Å². The molecular formula is C13H15ClN2O2. The molecule has 0 amide bonds. The number of aromatic nitrogens is 1.